The quantitative estimate of drug-likeness (QED) is 0.501. The molecule has 18 heavy (non-hydrogen) atoms. The molecule has 1 aromatic heterocycles. The normalized spacial score (nSPS) is 23.9. The summed E-state index contributed by atoms with van der Waals surface area (Å²) in [5.74, 6) is 5.54. The number of thiophene rings is 1. The molecular formula is C13H20N2O2S. The Labute approximate surface area is 111 Å². The molecular weight excluding hydrogens is 248 g/mol. The molecule has 0 aliphatic heterocycles. The molecule has 1 aliphatic rings. The van der Waals surface area contributed by atoms with Crippen LogP contribution >= 0.6 is 11.3 Å². The zero-order chi connectivity index (χ0) is 13.0. The van der Waals surface area contributed by atoms with E-state index in [4.69, 9.17) is 10.6 Å². The molecule has 1 amide bonds. The molecule has 1 aromatic rings. The van der Waals surface area contributed by atoms with E-state index in [0.29, 0.717) is 23.5 Å². The van der Waals surface area contributed by atoms with Crippen molar-refractivity contribution in [3.63, 3.8) is 0 Å². The zero-order valence-corrected chi connectivity index (χ0v) is 11.5. The van der Waals surface area contributed by atoms with Crippen LogP contribution in [0.1, 0.15) is 47.8 Å². The lowest BCUT2D eigenvalue weighted by molar-refractivity contribution is -0.0155. The number of hydrogen-bond donors (Lipinski definition) is 2. The molecule has 0 radical (unpaired) electrons. The molecule has 2 atom stereocenters. The molecule has 1 fully saturated rings. The smallest absolute Gasteiger partial charge is 0.275 e. The maximum atomic E-state index is 11.5. The summed E-state index contributed by atoms with van der Waals surface area (Å²) in [6.07, 6.45) is 5.25. The van der Waals surface area contributed by atoms with Crippen LogP contribution in [0, 0.1) is 5.92 Å². The summed E-state index contributed by atoms with van der Waals surface area (Å²) >= 11 is 1.40. The van der Waals surface area contributed by atoms with Crippen molar-refractivity contribution in [2.24, 2.45) is 11.8 Å². The summed E-state index contributed by atoms with van der Waals surface area (Å²) in [6.45, 7) is 2.74. The van der Waals surface area contributed by atoms with Crippen molar-refractivity contribution >= 4 is 17.2 Å². The Morgan fingerprint density at radius 3 is 3.06 bits per heavy atom. The molecule has 1 heterocycles. The number of carbonyl (C=O) groups is 1. The van der Waals surface area contributed by atoms with Gasteiger partial charge in [0.15, 0.2) is 0 Å². The molecule has 0 saturated heterocycles. The maximum absolute atomic E-state index is 11.5. The van der Waals surface area contributed by atoms with Gasteiger partial charge in [0.05, 0.1) is 17.6 Å². The number of hydrogen-bond acceptors (Lipinski definition) is 4. The van der Waals surface area contributed by atoms with Crippen LogP contribution in [0.2, 0.25) is 0 Å². The van der Waals surface area contributed by atoms with E-state index in [1.54, 1.807) is 0 Å². The second-order valence-electron chi connectivity index (χ2n) is 4.86. The van der Waals surface area contributed by atoms with Crippen molar-refractivity contribution < 1.29 is 9.53 Å². The van der Waals surface area contributed by atoms with Gasteiger partial charge >= 0.3 is 0 Å². The summed E-state index contributed by atoms with van der Waals surface area (Å²) < 4.78 is 5.96. The number of nitrogens with one attached hydrogen (secondary N) is 1. The SMILES string of the molecule is CC1CCCCC1OCc1ccsc1C(=O)NN. The van der Waals surface area contributed by atoms with E-state index < -0.39 is 0 Å². The summed E-state index contributed by atoms with van der Waals surface area (Å²) in [6, 6.07) is 1.93. The minimum atomic E-state index is -0.236. The van der Waals surface area contributed by atoms with Gasteiger partial charge in [-0.2, -0.15) is 0 Å². The topological polar surface area (TPSA) is 64.3 Å². The summed E-state index contributed by atoms with van der Waals surface area (Å²) in [7, 11) is 0. The molecule has 3 N–H and O–H groups in total. The summed E-state index contributed by atoms with van der Waals surface area (Å²) in [5, 5.41) is 1.90. The Morgan fingerprint density at radius 1 is 1.56 bits per heavy atom. The first-order valence-electron chi connectivity index (χ1n) is 6.41. The Morgan fingerprint density at radius 2 is 2.33 bits per heavy atom. The highest BCUT2D eigenvalue weighted by Crippen LogP contribution is 2.28. The maximum Gasteiger partial charge on any atom is 0.275 e. The minimum Gasteiger partial charge on any atom is -0.373 e. The van der Waals surface area contributed by atoms with E-state index in [1.807, 2.05) is 11.4 Å². The van der Waals surface area contributed by atoms with E-state index in [1.165, 1.54) is 30.6 Å². The highest BCUT2D eigenvalue weighted by Gasteiger charge is 2.22. The van der Waals surface area contributed by atoms with Gasteiger partial charge in [-0.15, -0.1) is 11.3 Å². The van der Waals surface area contributed by atoms with Crippen LogP contribution in [0.25, 0.3) is 0 Å². The van der Waals surface area contributed by atoms with Crippen molar-refractivity contribution in [3.8, 4) is 0 Å². The van der Waals surface area contributed by atoms with Gasteiger partial charge in [0.2, 0.25) is 0 Å². The van der Waals surface area contributed by atoms with Crippen molar-refractivity contribution in [1.82, 2.24) is 5.43 Å². The number of ether oxygens (including phenoxy) is 1. The molecule has 0 aromatic carbocycles. The number of rotatable bonds is 4. The van der Waals surface area contributed by atoms with Crippen molar-refractivity contribution in [3.05, 3.63) is 21.9 Å². The summed E-state index contributed by atoms with van der Waals surface area (Å²) in [5.41, 5.74) is 3.10. The molecule has 100 valence electrons. The fraction of sp³-hybridized carbons (Fsp3) is 0.615. The molecule has 2 unspecified atom stereocenters. The lowest BCUT2D eigenvalue weighted by Gasteiger charge is -2.28. The number of amides is 1. The number of carbonyl (C=O) groups excluding carboxylic acids is 1. The van der Waals surface area contributed by atoms with Gasteiger partial charge in [-0.3, -0.25) is 10.2 Å². The van der Waals surface area contributed by atoms with Crippen molar-refractivity contribution in [2.75, 3.05) is 0 Å². The van der Waals surface area contributed by atoms with E-state index in [2.05, 4.69) is 12.3 Å². The average molecular weight is 268 g/mol. The highest BCUT2D eigenvalue weighted by molar-refractivity contribution is 7.12. The first kappa shape index (κ1) is 13.5. The Kier molecular flexibility index (Phi) is 4.74. The lowest BCUT2D eigenvalue weighted by atomic mass is 9.88. The lowest BCUT2D eigenvalue weighted by Crippen LogP contribution is -2.30. The van der Waals surface area contributed by atoms with Crippen molar-refractivity contribution in [2.45, 2.75) is 45.3 Å². The fourth-order valence-corrected chi connectivity index (χ4v) is 3.25. The van der Waals surface area contributed by atoms with Crippen LogP contribution in [-0.4, -0.2) is 12.0 Å². The molecule has 4 nitrogen and oxygen atoms in total. The van der Waals surface area contributed by atoms with Crippen LogP contribution < -0.4 is 11.3 Å². The third-order valence-electron chi connectivity index (χ3n) is 3.57. The number of hydrazine groups is 1. The minimum absolute atomic E-state index is 0.236. The predicted molar refractivity (Wildman–Crippen MR) is 72.2 cm³/mol. The van der Waals surface area contributed by atoms with Gasteiger partial charge in [0, 0.05) is 5.56 Å². The second-order valence-corrected chi connectivity index (χ2v) is 5.78. The second kappa shape index (κ2) is 6.31. The first-order valence-corrected chi connectivity index (χ1v) is 7.29. The molecule has 0 spiro atoms. The van der Waals surface area contributed by atoms with Crippen LogP contribution in [0.3, 0.4) is 0 Å². The predicted octanol–water partition coefficient (Wildman–Crippen LogP) is 2.45. The third kappa shape index (κ3) is 3.10. The van der Waals surface area contributed by atoms with E-state index in [9.17, 15) is 4.79 Å². The van der Waals surface area contributed by atoms with Crippen LogP contribution in [-0.2, 0) is 11.3 Å². The van der Waals surface area contributed by atoms with Crippen LogP contribution in [0.5, 0.6) is 0 Å². The Hall–Kier alpha value is -0.910. The third-order valence-corrected chi connectivity index (χ3v) is 4.53. The average Bonchev–Trinajstić information content (AvgIpc) is 2.85. The van der Waals surface area contributed by atoms with E-state index in [-0.39, 0.29) is 5.91 Å². The molecule has 2 rings (SSSR count). The number of nitrogen functional groups attached to an aromatic ring is 1. The van der Waals surface area contributed by atoms with Crippen LogP contribution in [0.15, 0.2) is 11.4 Å². The molecule has 0 bridgehead atoms. The van der Waals surface area contributed by atoms with E-state index in [0.717, 1.165) is 12.0 Å². The standard InChI is InChI=1S/C13H20N2O2S/c1-9-4-2-3-5-11(9)17-8-10-6-7-18-12(10)13(16)15-14/h6-7,9,11H,2-5,8,14H2,1H3,(H,15,16). The van der Waals surface area contributed by atoms with Gasteiger partial charge in [0.25, 0.3) is 5.91 Å². The largest absolute Gasteiger partial charge is 0.373 e. The highest BCUT2D eigenvalue weighted by atomic mass is 32.1. The first-order chi connectivity index (χ1) is 8.72. The number of nitrogens with two attached hydrogens (primary N) is 1. The van der Waals surface area contributed by atoms with Gasteiger partial charge in [-0.1, -0.05) is 19.8 Å². The Bertz CT molecular complexity index is 405. The van der Waals surface area contributed by atoms with Gasteiger partial charge in [-0.25, -0.2) is 5.84 Å². The fourth-order valence-electron chi connectivity index (χ4n) is 2.44. The monoisotopic (exact) mass is 268 g/mol. The Balaban J connectivity index is 1.93. The summed E-state index contributed by atoms with van der Waals surface area (Å²) in [4.78, 5) is 12.2. The van der Waals surface area contributed by atoms with Crippen LogP contribution in [0.4, 0.5) is 0 Å². The molecule has 1 saturated carbocycles. The molecule has 1 aliphatic carbocycles. The van der Waals surface area contributed by atoms with Gasteiger partial charge in [0.1, 0.15) is 0 Å². The van der Waals surface area contributed by atoms with E-state index >= 15 is 0 Å². The van der Waals surface area contributed by atoms with Gasteiger partial charge in [-0.05, 0) is 30.2 Å². The molecule has 5 heteroatoms. The van der Waals surface area contributed by atoms with Gasteiger partial charge < -0.3 is 4.74 Å². The van der Waals surface area contributed by atoms with Crippen molar-refractivity contribution in [1.29, 1.82) is 0 Å². The zero-order valence-electron chi connectivity index (χ0n) is 10.6.